The van der Waals surface area contributed by atoms with Gasteiger partial charge in [-0.25, -0.2) is 4.39 Å². The van der Waals surface area contributed by atoms with E-state index in [0.717, 1.165) is 10.0 Å². The van der Waals surface area contributed by atoms with E-state index in [4.69, 9.17) is 4.74 Å². The van der Waals surface area contributed by atoms with E-state index in [9.17, 15) is 4.39 Å². The smallest absolute Gasteiger partial charge is 0.137 e. The van der Waals surface area contributed by atoms with E-state index >= 15 is 0 Å². The van der Waals surface area contributed by atoms with E-state index in [-0.39, 0.29) is 11.9 Å². The third-order valence-electron chi connectivity index (χ3n) is 2.94. The Morgan fingerprint density at radius 3 is 2.85 bits per heavy atom. The van der Waals surface area contributed by atoms with Crippen LogP contribution in [0.2, 0.25) is 0 Å². The molecule has 0 aliphatic heterocycles. The summed E-state index contributed by atoms with van der Waals surface area (Å²) < 4.78 is 20.3. The van der Waals surface area contributed by atoms with Crippen molar-refractivity contribution >= 4 is 15.9 Å². The van der Waals surface area contributed by atoms with Crippen molar-refractivity contribution in [2.24, 2.45) is 0 Å². The topological polar surface area (TPSA) is 34.1 Å². The second-order valence-electron chi connectivity index (χ2n) is 4.27. The lowest BCUT2D eigenvalue weighted by Crippen LogP contribution is -2.19. The van der Waals surface area contributed by atoms with Crippen molar-refractivity contribution in [3.05, 3.63) is 58.1 Å². The number of benzene rings is 1. The van der Waals surface area contributed by atoms with E-state index in [1.165, 1.54) is 6.07 Å². The number of ether oxygens (including phenoxy) is 1. The summed E-state index contributed by atoms with van der Waals surface area (Å²) in [5.74, 6) is 0.426. The van der Waals surface area contributed by atoms with Crippen LogP contribution < -0.4 is 10.1 Å². The Balaban J connectivity index is 2.41. The Hall–Kier alpha value is -1.46. The molecular formula is C15H16BrFN2O. The predicted octanol–water partition coefficient (Wildman–Crippen LogP) is 3.69. The monoisotopic (exact) mass is 338 g/mol. The number of pyridine rings is 1. The summed E-state index contributed by atoms with van der Waals surface area (Å²) in [4.78, 5) is 4.15. The van der Waals surface area contributed by atoms with Crippen LogP contribution in [0.1, 0.15) is 24.1 Å². The molecule has 1 unspecified atom stereocenters. The lowest BCUT2D eigenvalue weighted by molar-refractivity contribution is 0.338. The highest BCUT2D eigenvalue weighted by Gasteiger charge is 2.17. The summed E-state index contributed by atoms with van der Waals surface area (Å²) in [6, 6.07) is 6.49. The van der Waals surface area contributed by atoms with Gasteiger partial charge in [-0.3, -0.25) is 4.98 Å². The van der Waals surface area contributed by atoms with Crippen molar-refractivity contribution in [1.29, 1.82) is 0 Å². The minimum absolute atomic E-state index is 0.255. The zero-order valence-corrected chi connectivity index (χ0v) is 12.9. The van der Waals surface area contributed by atoms with Crippen molar-refractivity contribution in [3.63, 3.8) is 0 Å². The van der Waals surface area contributed by atoms with Gasteiger partial charge in [-0.2, -0.15) is 0 Å². The molecule has 5 heteroatoms. The lowest BCUT2D eigenvalue weighted by Gasteiger charge is -2.18. The van der Waals surface area contributed by atoms with Crippen LogP contribution in [0.25, 0.3) is 0 Å². The number of hydrogen-bond donors (Lipinski definition) is 1. The number of nitrogens with one attached hydrogen (secondary N) is 1. The molecule has 0 amide bonds. The molecule has 1 aromatic heterocycles. The van der Waals surface area contributed by atoms with Crippen LogP contribution in [0.5, 0.6) is 5.75 Å². The molecule has 1 aromatic carbocycles. The van der Waals surface area contributed by atoms with Gasteiger partial charge in [0.25, 0.3) is 0 Å². The summed E-state index contributed by atoms with van der Waals surface area (Å²) in [5.41, 5.74) is 1.42. The predicted molar refractivity (Wildman–Crippen MR) is 80.4 cm³/mol. The maximum atomic E-state index is 14.0. The van der Waals surface area contributed by atoms with Gasteiger partial charge in [0.1, 0.15) is 11.6 Å². The van der Waals surface area contributed by atoms with Crippen molar-refractivity contribution in [3.8, 4) is 5.75 Å². The van der Waals surface area contributed by atoms with Crippen molar-refractivity contribution in [1.82, 2.24) is 10.3 Å². The van der Waals surface area contributed by atoms with Gasteiger partial charge in [-0.1, -0.05) is 15.9 Å². The number of rotatable bonds is 5. The molecule has 0 bridgehead atoms. The maximum absolute atomic E-state index is 14.0. The van der Waals surface area contributed by atoms with Gasteiger partial charge in [-0.05, 0) is 43.8 Å². The molecule has 2 aromatic rings. The van der Waals surface area contributed by atoms with Gasteiger partial charge >= 0.3 is 0 Å². The van der Waals surface area contributed by atoms with Crippen LogP contribution in [0, 0.1) is 5.82 Å². The first-order valence-corrected chi connectivity index (χ1v) is 7.15. The molecule has 1 heterocycles. The SMILES string of the molecule is CCOc1cncc(C(NC)c2cc(Br)ccc2F)c1. The largest absolute Gasteiger partial charge is 0.492 e. The zero-order valence-electron chi connectivity index (χ0n) is 11.4. The van der Waals surface area contributed by atoms with Gasteiger partial charge < -0.3 is 10.1 Å². The second kappa shape index (κ2) is 6.81. The minimum atomic E-state index is -0.277. The molecular weight excluding hydrogens is 323 g/mol. The van der Waals surface area contributed by atoms with Crippen molar-refractivity contribution in [2.45, 2.75) is 13.0 Å². The molecule has 0 radical (unpaired) electrons. The Morgan fingerprint density at radius 2 is 2.15 bits per heavy atom. The first-order valence-electron chi connectivity index (χ1n) is 6.35. The van der Waals surface area contributed by atoms with Gasteiger partial charge in [0.2, 0.25) is 0 Å². The second-order valence-corrected chi connectivity index (χ2v) is 5.19. The Kier molecular flexibility index (Phi) is 5.09. The number of aromatic nitrogens is 1. The first kappa shape index (κ1) is 14.9. The molecule has 0 aliphatic carbocycles. The van der Waals surface area contributed by atoms with Gasteiger partial charge in [0.15, 0.2) is 0 Å². The van der Waals surface area contributed by atoms with Gasteiger partial charge in [-0.15, -0.1) is 0 Å². The van der Waals surface area contributed by atoms with Crippen LogP contribution in [0.3, 0.4) is 0 Å². The Morgan fingerprint density at radius 1 is 1.35 bits per heavy atom. The molecule has 2 rings (SSSR count). The average Bonchev–Trinajstić information content (AvgIpc) is 2.44. The van der Waals surface area contributed by atoms with Crippen LogP contribution in [-0.4, -0.2) is 18.6 Å². The Labute approximate surface area is 126 Å². The van der Waals surface area contributed by atoms with Gasteiger partial charge in [0, 0.05) is 16.2 Å². The molecule has 0 fully saturated rings. The van der Waals surface area contributed by atoms with E-state index < -0.39 is 0 Å². The molecule has 3 nitrogen and oxygen atoms in total. The zero-order chi connectivity index (χ0) is 14.5. The number of halogens is 2. The summed E-state index contributed by atoms with van der Waals surface area (Å²) in [6.07, 6.45) is 3.36. The third kappa shape index (κ3) is 3.35. The van der Waals surface area contributed by atoms with Crippen LogP contribution in [0.15, 0.2) is 41.1 Å². The fourth-order valence-electron chi connectivity index (χ4n) is 2.08. The molecule has 1 N–H and O–H groups in total. The minimum Gasteiger partial charge on any atom is -0.492 e. The maximum Gasteiger partial charge on any atom is 0.137 e. The third-order valence-corrected chi connectivity index (χ3v) is 3.43. The van der Waals surface area contributed by atoms with Gasteiger partial charge in [0.05, 0.1) is 18.8 Å². The van der Waals surface area contributed by atoms with E-state index in [1.807, 2.05) is 13.0 Å². The number of nitrogens with zero attached hydrogens (tertiary/aromatic N) is 1. The Bertz CT molecular complexity index is 592. The van der Waals surface area contributed by atoms with Crippen LogP contribution in [0.4, 0.5) is 4.39 Å². The highest BCUT2D eigenvalue weighted by Crippen LogP contribution is 2.28. The fraction of sp³-hybridized carbons (Fsp3) is 0.267. The summed E-state index contributed by atoms with van der Waals surface area (Å²) in [7, 11) is 1.79. The standard InChI is InChI=1S/C15H16BrFN2O/c1-3-20-12-6-10(8-19-9-12)15(18-2)13-7-11(16)4-5-14(13)17/h4-9,15,18H,3H2,1-2H3. The normalized spacial score (nSPS) is 12.2. The van der Waals surface area contributed by atoms with Crippen LogP contribution >= 0.6 is 15.9 Å². The lowest BCUT2D eigenvalue weighted by atomic mass is 10.00. The molecule has 0 saturated carbocycles. The molecule has 0 saturated heterocycles. The highest BCUT2D eigenvalue weighted by atomic mass is 79.9. The van der Waals surface area contributed by atoms with E-state index in [2.05, 4.69) is 26.2 Å². The van der Waals surface area contributed by atoms with E-state index in [0.29, 0.717) is 17.9 Å². The summed E-state index contributed by atoms with van der Waals surface area (Å²) in [5, 5.41) is 3.12. The van der Waals surface area contributed by atoms with Crippen LogP contribution in [-0.2, 0) is 0 Å². The molecule has 0 spiro atoms. The van der Waals surface area contributed by atoms with Crippen molar-refractivity contribution < 1.29 is 9.13 Å². The fourth-order valence-corrected chi connectivity index (χ4v) is 2.46. The summed E-state index contributed by atoms with van der Waals surface area (Å²) in [6.45, 7) is 2.48. The molecule has 0 aliphatic rings. The molecule has 106 valence electrons. The molecule has 20 heavy (non-hydrogen) atoms. The van der Waals surface area contributed by atoms with E-state index in [1.54, 1.807) is 31.6 Å². The quantitative estimate of drug-likeness (QED) is 0.902. The average molecular weight is 339 g/mol. The van der Waals surface area contributed by atoms with Crippen molar-refractivity contribution in [2.75, 3.05) is 13.7 Å². The number of hydrogen-bond acceptors (Lipinski definition) is 3. The first-order chi connectivity index (χ1) is 9.65. The molecule has 1 atom stereocenters. The highest BCUT2D eigenvalue weighted by molar-refractivity contribution is 9.10. The summed E-state index contributed by atoms with van der Waals surface area (Å²) >= 11 is 3.37.